The quantitative estimate of drug-likeness (QED) is 0.813. The highest BCUT2D eigenvalue weighted by atomic mass is 16.5. The molecule has 0 saturated carbocycles. The molecule has 3 rings (SSSR count). The van der Waals surface area contributed by atoms with Crippen molar-refractivity contribution in [1.82, 2.24) is 15.1 Å². The molecule has 1 fully saturated rings. The minimum absolute atomic E-state index is 0.137. The summed E-state index contributed by atoms with van der Waals surface area (Å²) in [5.41, 5.74) is 2.30. The Balaban J connectivity index is 1.67. The summed E-state index contributed by atoms with van der Waals surface area (Å²) in [4.78, 5) is 13.8. The average Bonchev–Trinajstić information content (AvgIpc) is 3.16. The van der Waals surface area contributed by atoms with Gasteiger partial charge in [-0.1, -0.05) is 13.0 Å². The van der Waals surface area contributed by atoms with Crippen LogP contribution in [-0.2, 0) is 11.4 Å². The molecule has 6 nitrogen and oxygen atoms in total. The maximum Gasteiger partial charge on any atom is 0.253 e. The molecule has 1 saturated heterocycles. The third-order valence-corrected chi connectivity index (χ3v) is 4.20. The van der Waals surface area contributed by atoms with E-state index < -0.39 is 0 Å². The number of carbonyl (C=O) groups excluding carboxylic acids is 1. The van der Waals surface area contributed by atoms with E-state index in [0.717, 1.165) is 36.3 Å². The van der Waals surface area contributed by atoms with E-state index in [1.165, 1.54) is 0 Å². The van der Waals surface area contributed by atoms with Gasteiger partial charge in [0.15, 0.2) is 6.61 Å². The van der Waals surface area contributed by atoms with E-state index in [2.05, 4.69) is 16.3 Å². The van der Waals surface area contributed by atoms with Gasteiger partial charge in [0, 0.05) is 13.0 Å². The first-order valence-corrected chi connectivity index (χ1v) is 8.39. The van der Waals surface area contributed by atoms with E-state index in [-0.39, 0.29) is 18.6 Å². The van der Waals surface area contributed by atoms with Crippen molar-refractivity contribution in [2.24, 2.45) is 0 Å². The normalized spacial score (nSPS) is 15.8. The van der Waals surface area contributed by atoms with Crippen LogP contribution in [0.4, 0.5) is 0 Å². The number of aromatic nitrogens is 2. The first kappa shape index (κ1) is 16.5. The van der Waals surface area contributed by atoms with E-state index in [0.29, 0.717) is 18.2 Å². The van der Waals surface area contributed by atoms with Gasteiger partial charge in [-0.05, 0) is 49.9 Å². The first-order valence-electron chi connectivity index (χ1n) is 8.39. The van der Waals surface area contributed by atoms with Gasteiger partial charge < -0.3 is 14.1 Å². The highest BCUT2D eigenvalue weighted by molar-refractivity contribution is 5.78. The van der Waals surface area contributed by atoms with Gasteiger partial charge in [-0.15, -0.1) is 10.2 Å². The SMILES string of the molecule is CCC(c1nnc(COc2cc(C)cc(C)c2)o1)N1CCCC1=O. The van der Waals surface area contributed by atoms with E-state index >= 15 is 0 Å². The molecule has 1 aromatic carbocycles. The summed E-state index contributed by atoms with van der Waals surface area (Å²) in [6.07, 6.45) is 2.25. The number of carbonyl (C=O) groups is 1. The molecule has 1 aliphatic heterocycles. The Morgan fingerprint density at radius 2 is 2.00 bits per heavy atom. The van der Waals surface area contributed by atoms with Crippen molar-refractivity contribution in [3.05, 3.63) is 41.1 Å². The minimum Gasteiger partial charge on any atom is -0.484 e. The van der Waals surface area contributed by atoms with Crippen LogP contribution in [0.3, 0.4) is 0 Å². The van der Waals surface area contributed by atoms with Crippen molar-refractivity contribution in [2.45, 2.75) is 52.7 Å². The second kappa shape index (κ2) is 7.03. The van der Waals surface area contributed by atoms with Gasteiger partial charge in [-0.2, -0.15) is 0 Å². The van der Waals surface area contributed by atoms with Crippen LogP contribution < -0.4 is 4.74 Å². The van der Waals surface area contributed by atoms with Gasteiger partial charge in [0.05, 0.1) is 0 Å². The molecule has 1 atom stereocenters. The molecule has 24 heavy (non-hydrogen) atoms. The molecule has 0 N–H and O–H groups in total. The van der Waals surface area contributed by atoms with Crippen molar-refractivity contribution in [2.75, 3.05) is 6.54 Å². The van der Waals surface area contributed by atoms with Crippen LogP contribution in [0.1, 0.15) is 55.1 Å². The molecule has 0 aliphatic carbocycles. The highest BCUT2D eigenvalue weighted by Gasteiger charge is 2.31. The Bertz CT molecular complexity index is 706. The van der Waals surface area contributed by atoms with Gasteiger partial charge in [0.25, 0.3) is 5.89 Å². The zero-order valence-electron chi connectivity index (χ0n) is 14.4. The third kappa shape index (κ3) is 3.58. The topological polar surface area (TPSA) is 68.5 Å². The lowest BCUT2D eigenvalue weighted by atomic mass is 10.1. The zero-order chi connectivity index (χ0) is 17.1. The number of amides is 1. The predicted octanol–water partition coefficient (Wildman–Crippen LogP) is 3.34. The van der Waals surface area contributed by atoms with E-state index in [4.69, 9.17) is 9.15 Å². The van der Waals surface area contributed by atoms with Crippen molar-refractivity contribution < 1.29 is 13.9 Å². The zero-order valence-corrected chi connectivity index (χ0v) is 14.4. The van der Waals surface area contributed by atoms with Gasteiger partial charge in [0.1, 0.15) is 11.8 Å². The summed E-state index contributed by atoms with van der Waals surface area (Å²) in [6, 6.07) is 5.91. The number of ether oxygens (including phenoxy) is 1. The first-order chi connectivity index (χ1) is 11.6. The fraction of sp³-hybridized carbons (Fsp3) is 0.500. The number of benzene rings is 1. The molecule has 6 heteroatoms. The predicted molar refractivity (Wildman–Crippen MR) is 88.5 cm³/mol. The molecule has 128 valence electrons. The van der Waals surface area contributed by atoms with E-state index in [9.17, 15) is 4.79 Å². The molecule has 1 aliphatic rings. The van der Waals surface area contributed by atoms with Gasteiger partial charge in [-0.25, -0.2) is 0 Å². The maximum absolute atomic E-state index is 11.9. The molecule has 0 radical (unpaired) electrons. The molecule has 1 aromatic heterocycles. The van der Waals surface area contributed by atoms with Crippen LogP contribution in [0.2, 0.25) is 0 Å². The molecule has 1 unspecified atom stereocenters. The third-order valence-electron chi connectivity index (χ3n) is 4.20. The molecular formula is C18H23N3O3. The van der Waals surface area contributed by atoms with Crippen LogP contribution in [-0.4, -0.2) is 27.5 Å². The van der Waals surface area contributed by atoms with Crippen molar-refractivity contribution >= 4 is 5.91 Å². The van der Waals surface area contributed by atoms with Crippen LogP contribution in [0.5, 0.6) is 5.75 Å². The fourth-order valence-corrected chi connectivity index (χ4v) is 3.15. The number of aryl methyl sites for hydroxylation is 2. The van der Waals surface area contributed by atoms with Gasteiger partial charge >= 0.3 is 0 Å². The maximum atomic E-state index is 11.9. The monoisotopic (exact) mass is 329 g/mol. The van der Waals surface area contributed by atoms with Crippen molar-refractivity contribution in [3.8, 4) is 5.75 Å². The Labute approximate surface area is 141 Å². The van der Waals surface area contributed by atoms with E-state index in [1.54, 1.807) is 0 Å². The van der Waals surface area contributed by atoms with Crippen LogP contribution in [0, 0.1) is 13.8 Å². The summed E-state index contributed by atoms with van der Waals surface area (Å²) in [5.74, 6) is 1.86. The molecule has 0 bridgehead atoms. The summed E-state index contributed by atoms with van der Waals surface area (Å²) in [5, 5.41) is 8.18. The Kier molecular flexibility index (Phi) is 4.83. The lowest BCUT2D eigenvalue weighted by molar-refractivity contribution is -0.130. The summed E-state index contributed by atoms with van der Waals surface area (Å²) >= 11 is 0. The lowest BCUT2D eigenvalue weighted by Gasteiger charge is -2.23. The Hall–Kier alpha value is -2.37. The minimum atomic E-state index is -0.137. The number of hydrogen-bond donors (Lipinski definition) is 0. The Morgan fingerprint density at radius 3 is 2.62 bits per heavy atom. The van der Waals surface area contributed by atoms with Crippen molar-refractivity contribution in [1.29, 1.82) is 0 Å². The second-order valence-corrected chi connectivity index (χ2v) is 6.26. The second-order valence-electron chi connectivity index (χ2n) is 6.26. The summed E-state index contributed by atoms with van der Waals surface area (Å²) in [7, 11) is 0. The summed E-state index contributed by atoms with van der Waals surface area (Å²) in [6.45, 7) is 7.06. The largest absolute Gasteiger partial charge is 0.484 e. The molecule has 2 heterocycles. The Morgan fingerprint density at radius 1 is 1.25 bits per heavy atom. The number of rotatable bonds is 6. The standard InChI is InChI=1S/C18H23N3O3/c1-4-15(21-7-5-6-17(21)22)18-20-19-16(24-18)11-23-14-9-12(2)8-13(3)10-14/h8-10,15H,4-7,11H2,1-3H3. The summed E-state index contributed by atoms with van der Waals surface area (Å²) < 4.78 is 11.5. The average molecular weight is 329 g/mol. The highest BCUT2D eigenvalue weighted by Crippen LogP contribution is 2.28. The smallest absolute Gasteiger partial charge is 0.253 e. The van der Waals surface area contributed by atoms with Crippen LogP contribution >= 0.6 is 0 Å². The van der Waals surface area contributed by atoms with Gasteiger partial charge in [0.2, 0.25) is 11.8 Å². The number of hydrogen-bond acceptors (Lipinski definition) is 5. The lowest BCUT2D eigenvalue weighted by Crippen LogP contribution is -2.29. The van der Waals surface area contributed by atoms with Gasteiger partial charge in [-0.3, -0.25) is 4.79 Å². The number of likely N-dealkylation sites (tertiary alicyclic amines) is 1. The van der Waals surface area contributed by atoms with Crippen LogP contribution in [0.15, 0.2) is 22.6 Å². The fourth-order valence-electron chi connectivity index (χ4n) is 3.15. The molecule has 1 amide bonds. The van der Waals surface area contributed by atoms with E-state index in [1.807, 2.05) is 37.8 Å². The van der Waals surface area contributed by atoms with Crippen molar-refractivity contribution in [3.63, 3.8) is 0 Å². The number of nitrogens with zero attached hydrogens (tertiary/aromatic N) is 3. The van der Waals surface area contributed by atoms with Crippen LogP contribution in [0.25, 0.3) is 0 Å². The molecular weight excluding hydrogens is 306 g/mol. The molecule has 0 spiro atoms. The molecule has 2 aromatic rings.